The predicted molar refractivity (Wildman–Crippen MR) is 86.4 cm³/mol. The van der Waals surface area contributed by atoms with Crippen LogP contribution in [-0.2, 0) is 28.7 Å². The molecule has 26 heavy (non-hydrogen) atoms. The van der Waals surface area contributed by atoms with E-state index in [4.69, 9.17) is 5.48 Å². The van der Waals surface area contributed by atoms with Crippen molar-refractivity contribution in [3.63, 3.8) is 0 Å². The fourth-order valence-electron chi connectivity index (χ4n) is 2.42. The van der Waals surface area contributed by atoms with Crippen LogP contribution in [0.1, 0.15) is 24.7 Å². The van der Waals surface area contributed by atoms with Crippen molar-refractivity contribution in [2.45, 2.75) is 48.0 Å². The van der Waals surface area contributed by atoms with Crippen LogP contribution in [-0.4, -0.2) is 101 Å². The van der Waals surface area contributed by atoms with E-state index in [1.165, 1.54) is 5.82 Å². The normalized spacial score (nSPS) is 21.4. The van der Waals surface area contributed by atoms with Crippen LogP contribution in [0.5, 0.6) is 0 Å². The van der Waals surface area contributed by atoms with Crippen LogP contribution in [0.3, 0.4) is 0 Å². The number of aliphatic hydroxyl groups is 4. The van der Waals surface area contributed by atoms with Gasteiger partial charge in [-0.1, -0.05) is 0 Å². The van der Waals surface area contributed by atoms with Crippen LogP contribution < -0.4 is 0 Å². The summed E-state index contributed by atoms with van der Waals surface area (Å²) in [5, 5.41) is 43.4. The van der Waals surface area contributed by atoms with Crippen molar-refractivity contribution < 1.29 is 54.6 Å². The number of aldehydes is 4. The summed E-state index contributed by atoms with van der Waals surface area (Å²) in [6, 6.07) is 0. The molecule has 4 N–H and O–H groups in total. The average Bonchev–Trinajstić information content (AvgIpc) is 2.58. The topological polar surface area (TPSA) is 176 Å². The van der Waals surface area contributed by atoms with Crippen molar-refractivity contribution in [2.24, 2.45) is 0 Å². The summed E-state index contributed by atoms with van der Waals surface area (Å²) >= 11 is -1.20. The summed E-state index contributed by atoms with van der Waals surface area (Å²) in [4.78, 5) is 57.4. The van der Waals surface area contributed by atoms with Gasteiger partial charge in [0.2, 0.25) is 0 Å². The van der Waals surface area contributed by atoms with Gasteiger partial charge in [0.1, 0.15) is 0 Å². The number of hydrogen-bond acceptors (Lipinski definition) is 10. The molecule has 10 nitrogen and oxygen atoms in total. The number of ether oxygens (including phenoxy) is 1. The molecule has 0 saturated heterocycles. The summed E-state index contributed by atoms with van der Waals surface area (Å²) in [6.45, 7) is -1.97. The molecule has 0 rings (SSSR count). The van der Waals surface area contributed by atoms with Gasteiger partial charge in [-0.2, -0.15) is 0 Å². The Morgan fingerprint density at radius 3 is 2.04 bits per heavy atom. The second-order valence-corrected chi connectivity index (χ2v) is 6.91. The van der Waals surface area contributed by atoms with Crippen molar-refractivity contribution in [3.8, 4) is 0 Å². The molecule has 0 radical (unpaired) electrons. The molecule has 148 valence electrons. The van der Waals surface area contributed by atoms with Gasteiger partial charge in [0.05, 0.1) is 0 Å². The van der Waals surface area contributed by atoms with E-state index in [1.54, 1.807) is 0 Å². The summed E-state index contributed by atoms with van der Waals surface area (Å²) in [7, 11) is 0. The standard InChI is InChI=1S/C15H22O10Se/c1-26-12(21)14(23,3-6-17)15(24,4-7-18)13(22,2-5-16)11(20)10-25-9-8-19/h5-8,11,20,22-24H,2-4,9-10H2,1H3/t11-,13-,14+,15+/m1/s1/i5D,6D,7D,8D. The first-order chi connectivity index (χ1) is 13.6. The predicted octanol–water partition coefficient (Wildman–Crippen LogP) is -3.20. The second kappa shape index (κ2) is 10.7. The molecule has 0 spiro atoms. The van der Waals surface area contributed by atoms with Crippen molar-refractivity contribution in [1.29, 1.82) is 0 Å². The molecule has 0 aromatic carbocycles. The Morgan fingerprint density at radius 1 is 1.08 bits per heavy atom. The Hall–Kier alpha value is -1.33. The SMILES string of the molecule is [2H]C(=O)COC[C@@H](O)[C@](O)(CC([2H])=O)[C@@](O)(CC([2H])=O)[C@](O)(CC([2H])=O)C(=O)[Se]C. The molecule has 0 fully saturated rings. The first-order valence-corrected chi connectivity index (χ1v) is 9.63. The Kier molecular flexibility index (Phi) is 7.45. The molecule has 0 bridgehead atoms. The molecule has 0 aliphatic heterocycles. The van der Waals surface area contributed by atoms with Gasteiger partial charge in [0, 0.05) is 0 Å². The van der Waals surface area contributed by atoms with E-state index in [2.05, 4.69) is 4.74 Å². The number of carbonyl (C=O) groups excluding carboxylic acids is 5. The van der Waals surface area contributed by atoms with Gasteiger partial charge in [-0.3, -0.25) is 0 Å². The van der Waals surface area contributed by atoms with Gasteiger partial charge in [-0.05, 0) is 0 Å². The monoisotopic (exact) mass is 446 g/mol. The maximum absolute atomic E-state index is 12.4. The molecule has 0 unspecified atom stereocenters. The number of carbonyl (C=O) groups is 5. The van der Waals surface area contributed by atoms with Crippen LogP contribution >= 0.6 is 0 Å². The molecular weight excluding hydrogens is 419 g/mol. The molecule has 0 aromatic rings. The molecule has 0 aliphatic rings. The van der Waals surface area contributed by atoms with E-state index >= 15 is 0 Å². The fraction of sp³-hybridized carbons (Fsp3) is 0.667. The molecular formula is C15H22O10Se. The van der Waals surface area contributed by atoms with E-state index in [-0.39, 0.29) is 0 Å². The number of hydrogen-bond donors (Lipinski definition) is 4. The van der Waals surface area contributed by atoms with Crippen molar-refractivity contribution >= 4 is 44.7 Å². The molecule has 0 heterocycles. The van der Waals surface area contributed by atoms with Crippen molar-refractivity contribution in [1.82, 2.24) is 0 Å². The third-order valence-corrected chi connectivity index (χ3v) is 5.40. The molecule has 0 amide bonds. The van der Waals surface area contributed by atoms with Crippen LogP contribution in [0.25, 0.3) is 0 Å². The molecule has 0 saturated carbocycles. The first-order valence-electron chi connectivity index (χ1n) is 9.06. The van der Waals surface area contributed by atoms with Gasteiger partial charge in [-0.25, -0.2) is 0 Å². The van der Waals surface area contributed by atoms with E-state index < -0.39 is 100 Å². The van der Waals surface area contributed by atoms with Crippen molar-refractivity contribution in [2.75, 3.05) is 13.2 Å². The summed E-state index contributed by atoms with van der Waals surface area (Å²) < 4.78 is 31.3. The molecule has 11 heteroatoms. The quantitative estimate of drug-likeness (QED) is 0.148. The molecule has 4 atom stereocenters. The van der Waals surface area contributed by atoms with Crippen LogP contribution in [0, 0.1) is 0 Å². The second-order valence-electron chi connectivity index (χ2n) is 5.27. The molecule has 0 aromatic heterocycles. The third-order valence-electron chi connectivity index (χ3n) is 3.91. The fourth-order valence-corrected chi connectivity index (χ4v) is 3.64. The minimum absolute atomic E-state index is 0.899. The van der Waals surface area contributed by atoms with E-state index in [1.807, 2.05) is 0 Å². The zero-order chi connectivity index (χ0) is 23.9. The number of rotatable bonds is 15. The van der Waals surface area contributed by atoms with E-state index in [9.17, 15) is 44.4 Å². The average molecular weight is 445 g/mol. The van der Waals surface area contributed by atoms with Crippen LogP contribution in [0.4, 0.5) is 0 Å². The Bertz CT molecular complexity index is 707. The summed E-state index contributed by atoms with van der Waals surface area (Å²) in [6.07, 6.45) is -13.2. The minimum atomic E-state index is -3.57. The van der Waals surface area contributed by atoms with Crippen LogP contribution in [0.15, 0.2) is 0 Å². The van der Waals surface area contributed by atoms with Gasteiger partial charge in [0.25, 0.3) is 0 Å². The van der Waals surface area contributed by atoms with Gasteiger partial charge < -0.3 is 0 Å². The Labute approximate surface area is 161 Å². The first kappa shape index (κ1) is 18.1. The van der Waals surface area contributed by atoms with Crippen LogP contribution in [0.2, 0.25) is 5.82 Å². The van der Waals surface area contributed by atoms with Gasteiger partial charge >= 0.3 is 161 Å². The zero-order valence-corrected chi connectivity index (χ0v) is 15.5. The van der Waals surface area contributed by atoms with Gasteiger partial charge in [0.15, 0.2) is 0 Å². The maximum atomic E-state index is 12.4. The van der Waals surface area contributed by atoms with E-state index in [0.717, 1.165) is 0 Å². The van der Waals surface area contributed by atoms with E-state index in [0.29, 0.717) is 0 Å². The Morgan fingerprint density at radius 2 is 1.62 bits per heavy atom. The van der Waals surface area contributed by atoms with Crippen molar-refractivity contribution in [3.05, 3.63) is 0 Å². The third kappa shape index (κ3) is 4.68. The Balaban J connectivity index is 6.73. The zero-order valence-electron chi connectivity index (χ0n) is 17.8. The van der Waals surface area contributed by atoms with Gasteiger partial charge in [-0.15, -0.1) is 0 Å². The molecule has 0 aliphatic carbocycles. The summed E-state index contributed by atoms with van der Waals surface area (Å²) in [5.74, 6) is 1.23. The number of aliphatic hydroxyl groups excluding tert-OH is 1. The summed E-state index contributed by atoms with van der Waals surface area (Å²) in [5.41, 5.74) is -10.4.